The highest BCUT2D eigenvalue weighted by molar-refractivity contribution is 5.96. The normalized spacial score (nSPS) is 38.5. The second-order valence-electron chi connectivity index (χ2n) is 9.43. The summed E-state index contributed by atoms with van der Waals surface area (Å²) in [6, 6.07) is 5.58. The van der Waals surface area contributed by atoms with E-state index in [1.54, 1.807) is 14.2 Å². The summed E-state index contributed by atoms with van der Waals surface area (Å²) < 4.78 is 10.6. The van der Waals surface area contributed by atoms with Crippen LogP contribution in [0.4, 0.5) is 5.69 Å². The van der Waals surface area contributed by atoms with Crippen LogP contribution in [0.2, 0.25) is 0 Å². The van der Waals surface area contributed by atoms with Crippen molar-refractivity contribution in [3.8, 4) is 11.5 Å². The minimum atomic E-state index is -0.198. The molecule has 0 radical (unpaired) electrons. The standard InChI is InChI=1S/C21H29NO3/c1-19-8-14-9-20(2,11-19)13-21(10-14,12-19)18(23)22-15-5-6-16(24-3)17(7-15)25-4/h5-7,14H,8-13H2,1-4H3,(H,22,23). The lowest BCUT2D eigenvalue weighted by Crippen LogP contribution is -2.58. The van der Waals surface area contributed by atoms with Gasteiger partial charge in [-0.3, -0.25) is 4.79 Å². The Hall–Kier alpha value is -1.71. The smallest absolute Gasteiger partial charge is 0.230 e. The number of ether oxygens (including phenoxy) is 2. The van der Waals surface area contributed by atoms with E-state index in [1.165, 1.54) is 19.3 Å². The summed E-state index contributed by atoms with van der Waals surface area (Å²) in [6.45, 7) is 4.79. The minimum absolute atomic E-state index is 0.196. The number of nitrogens with one attached hydrogen (secondary N) is 1. The molecule has 4 bridgehead atoms. The molecule has 0 heterocycles. The summed E-state index contributed by atoms with van der Waals surface area (Å²) in [4.78, 5) is 13.3. The quantitative estimate of drug-likeness (QED) is 0.866. The lowest BCUT2D eigenvalue weighted by Gasteiger charge is -2.64. The van der Waals surface area contributed by atoms with Crippen molar-refractivity contribution in [2.45, 2.75) is 52.4 Å². The Kier molecular flexibility index (Phi) is 3.61. The Balaban J connectivity index is 1.59. The van der Waals surface area contributed by atoms with E-state index in [2.05, 4.69) is 19.2 Å². The topological polar surface area (TPSA) is 47.6 Å². The second-order valence-corrected chi connectivity index (χ2v) is 9.43. The maximum Gasteiger partial charge on any atom is 0.230 e. The van der Waals surface area contributed by atoms with Gasteiger partial charge in [-0.15, -0.1) is 0 Å². The number of methoxy groups -OCH3 is 2. The third-order valence-corrected chi connectivity index (χ3v) is 6.75. The number of benzene rings is 1. The first-order valence-electron chi connectivity index (χ1n) is 9.32. The van der Waals surface area contributed by atoms with Gasteiger partial charge in [-0.05, 0) is 67.4 Å². The third-order valence-electron chi connectivity index (χ3n) is 6.75. The molecule has 2 unspecified atom stereocenters. The molecule has 25 heavy (non-hydrogen) atoms. The molecule has 4 aliphatic carbocycles. The molecule has 0 aromatic heterocycles. The molecule has 0 aliphatic heterocycles. The van der Waals surface area contributed by atoms with Gasteiger partial charge in [0.05, 0.1) is 19.6 Å². The molecule has 5 rings (SSSR count). The van der Waals surface area contributed by atoms with Gasteiger partial charge in [0.2, 0.25) is 5.91 Å². The van der Waals surface area contributed by atoms with E-state index in [4.69, 9.17) is 9.47 Å². The van der Waals surface area contributed by atoms with Crippen molar-refractivity contribution < 1.29 is 14.3 Å². The highest BCUT2D eigenvalue weighted by Gasteiger charge is 2.62. The Morgan fingerprint density at radius 1 is 1.00 bits per heavy atom. The lowest BCUT2D eigenvalue weighted by molar-refractivity contribution is -0.165. The van der Waals surface area contributed by atoms with Crippen molar-refractivity contribution in [3.63, 3.8) is 0 Å². The van der Waals surface area contributed by atoms with Crippen LogP contribution in [-0.2, 0) is 4.79 Å². The van der Waals surface area contributed by atoms with E-state index >= 15 is 0 Å². The van der Waals surface area contributed by atoms with Crippen LogP contribution in [0.25, 0.3) is 0 Å². The molecule has 2 atom stereocenters. The van der Waals surface area contributed by atoms with Gasteiger partial charge in [0.15, 0.2) is 11.5 Å². The number of rotatable bonds is 4. The fourth-order valence-corrected chi connectivity index (χ4v) is 6.88. The van der Waals surface area contributed by atoms with E-state index in [1.807, 2.05) is 18.2 Å². The fourth-order valence-electron chi connectivity index (χ4n) is 6.88. The molecule has 1 N–H and O–H groups in total. The van der Waals surface area contributed by atoms with Crippen molar-refractivity contribution in [2.24, 2.45) is 22.2 Å². The highest BCUT2D eigenvalue weighted by Crippen LogP contribution is 2.69. The summed E-state index contributed by atoms with van der Waals surface area (Å²) in [5, 5.41) is 3.18. The number of carbonyl (C=O) groups excluding carboxylic acids is 1. The molecular weight excluding hydrogens is 314 g/mol. The molecule has 4 heteroatoms. The summed E-state index contributed by atoms with van der Waals surface area (Å²) in [5.74, 6) is 2.23. The number of hydrogen-bond acceptors (Lipinski definition) is 3. The monoisotopic (exact) mass is 343 g/mol. The van der Waals surface area contributed by atoms with Crippen LogP contribution in [0, 0.1) is 22.2 Å². The van der Waals surface area contributed by atoms with Crippen molar-refractivity contribution in [2.75, 3.05) is 19.5 Å². The van der Waals surface area contributed by atoms with E-state index in [9.17, 15) is 4.79 Å². The van der Waals surface area contributed by atoms with Gasteiger partial charge in [0, 0.05) is 11.8 Å². The zero-order valence-electron chi connectivity index (χ0n) is 15.8. The zero-order chi connectivity index (χ0) is 17.9. The Morgan fingerprint density at radius 2 is 1.64 bits per heavy atom. The second kappa shape index (κ2) is 5.39. The fraction of sp³-hybridized carbons (Fsp3) is 0.667. The predicted molar refractivity (Wildman–Crippen MR) is 98.0 cm³/mol. The predicted octanol–water partition coefficient (Wildman–Crippen LogP) is 4.64. The van der Waals surface area contributed by atoms with Crippen molar-refractivity contribution >= 4 is 11.6 Å². The van der Waals surface area contributed by atoms with Crippen LogP contribution in [-0.4, -0.2) is 20.1 Å². The molecular formula is C21H29NO3. The Morgan fingerprint density at radius 3 is 2.20 bits per heavy atom. The molecule has 4 aliphatic rings. The first kappa shape index (κ1) is 16.7. The molecule has 4 fully saturated rings. The van der Waals surface area contributed by atoms with Crippen molar-refractivity contribution in [1.82, 2.24) is 0 Å². The van der Waals surface area contributed by atoms with Gasteiger partial charge in [0.25, 0.3) is 0 Å². The molecule has 4 saturated carbocycles. The summed E-state index contributed by atoms with van der Waals surface area (Å²) in [7, 11) is 3.23. The maximum absolute atomic E-state index is 13.3. The first-order valence-corrected chi connectivity index (χ1v) is 9.32. The number of anilines is 1. The van der Waals surface area contributed by atoms with Crippen LogP contribution in [0.15, 0.2) is 18.2 Å². The number of amides is 1. The molecule has 136 valence electrons. The van der Waals surface area contributed by atoms with Gasteiger partial charge in [-0.2, -0.15) is 0 Å². The lowest BCUT2D eigenvalue weighted by atomic mass is 9.40. The van der Waals surface area contributed by atoms with Crippen LogP contribution >= 0.6 is 0 Å². The van der Waals surface area contributed by atoms with Crippen LogP contribution in [0.3, 0.4) is 0 Å². The highest BCUT2D eigenvalue weighted by atomic mass is 16.5. The van der Waals surface area contributed by atoms with Crippen molar-refractivity contribution in [1.29, 1.82) is 0 Å². The van der Waals surface area contributed by atoms with Crippen LogP contribution < -0.4 is 14.8 Å². The van der Waals surface area contributed by atoms with Crippen molar-refractivity contribution in [3.05, 3.63) is 18.2 Å². The van der Waals surface area contributed by atoms with Crippen LogP contribution in [0.5, 0.6) is 11.5 Å². The number of carbonyl (C=O) groups is 1. The molecule has 1 aromatic rings. The van der Waals surface area contributed by atoms with Gasteiger partial charge >= 0.3 is 0 Å². The van der Waals surface area contributed by atoms with Gasteiger partial charge in [-0.1, -0.05) is 13.8 Å². The maximum atomic E-state index is 13.3. The molecule has 4 nitrogen and oxygen atoms in total. The average Bonchev–Trinajstić information content (AvgIpc) is 2.51. The van der Waals surface area contributed by atoms with E-state index in [0.717, 1.165) is 24.9 Å². The van der Waals surface area contributed by atoms with Gasteiger partial charge in [-0.25, -0.2) is 0 Å². The summed E-state index contributed by atoms with van der Waals surface area (Å²) in [5.41, 5.74) is 1.26. The van der Waals surface area contributed by atoms with Crippen LogP contribution in [0.1, 0.15) is 52.4 Å². The van der Waals surface area contributed by atoms with E-state index in [0.29, 0.717) is 28.2 Å². The first-order chi connectivity index (χ1) is 11.8. The molecule has 0 spiro atoms. The summed E-state index contributed by atoms with van der Waals surface area (Å²) in [6.07, 6.45) is 7.00. The van der Waals surface area contributed by atoms with E-state index < -0.39 is 0 Å². The summed E-state index contributed by atoms with van der Waals surface area (Å²) >= 11 is 0. The van der Waals surface area contributed by atoms with Gasteiger partial charge in [0.1, 0.15) is 0 Å². The molecule has 1 aromatic carbocycles. The van der Waals surface area contributed by atoms with Gasteiger partial charge < -0.3 is 14.8 Å². The van der Waals surface area contributed by atoms with E-state index in [-0.39, 0.29) is 11.3 Å². The largest absolute Gasteiger partial charge is 0.493 e. The molecule has 1 amide bonds. The Bertz CT molecular complexity index is 695. The average molecular weight is 343 g/mol. The molecule has 0 saturated heterocycles. The zero-order valence-corrected chi connectivity index (χ0v) is 15.8. The number of hydrogen-bond donors (Lipinski definition) is 1. The third kappa shape index (κ3) is 2.70. The Labute approximate surface area is 150 Å². The minimum Gasteiger partial charge on any atom is -0.493 e. The SMILES string of the molecule is COc1ccc(NC(=O)C23CC4CC(C)(CC(C)(C4)C2)C3)cc1OC.